The van der Waals surface area contributed by atoms with Crippen LogP contribution < -0.4 is 5.43 Å². The molecule has 0 unspecified atom stereocenters. The van der Waals surface area contributed by atoms with Crippen molar-refractivity contribution in [2.45, 2.75) is 6.42 Å². The lowest BCUT2D eigenvalue weighted by molar-refractivity contribution is -0.116. The van der Waals surface area contributed by atoms with Crippen molar-refractivity contribution in [1.29, 1.82) is 0 Å². The maximum absolute atomic E-state index is 11.9. The van der Waals surface area contributed by atoms with Crippen LogP contribution >= 0.6 is 0 Å². The van der Waals surface area contributed by atoms with Gasteiger partial charge in [-0.1, -0.05) is 66.7 Å². The van der Waals surface area contributed by atoms with E-state index in [9.17, 15) is 4.79 Å². The quantitative estimate of drug-likeness (QED) is 0.849. The lowest BCUT2D eigenvalue weighted by atomic mass is 10.0. The molecule has 0 atom stereocenters. The number of allylic oxidation sites excluding steroid dienone is 1. The normalized spacial score (nSPS) is 16.1. The lowest BCUT2D eigenvalue weighted by Crippen LogP contribution is -2.14. The van der Waals surface area contributed by atoms with E-state index in [1.54, 1.807) is 0 Å². The van der Waals surface area contributed by atoms with E-state index in [1.165, 1.54) is 5.56 Å². The third kappa shape index (κ3) is 2.52. The van der Waals surface area contributed by atoms with Gasteiger partial charge >= 0.3 is 0 Å². The molecule has 3 nitrogen and oxygen atoms in total. The Morgan fingerprint density at radius 1 is 0.950 bits per heavy atom. The summed E-state index contributed by atoms with van der Waals surface area (Å²) in [5, 5.41) is 4.13. The van der Waals surface area contributed by atoms with Crippen molar-refractivity contribution in [2.75, 3.05) is 0 Å². The molecular formula is C17H14N2O. The van der Waals surface area contributed by atoms with Gasteiger partial charge in [-0.05, 0) is 12.0 Å². The number of nitrogens with one attached hydrogen (secondary N) is 1. The minimum atomic E-state index is -0.139. The lowest BCUT2D eigenvalue weighted by Gasteiger charge is -2.02. The van der Waals surface area contributed by atoms with Crippen LogP contribution in [0.25, 0.3) is 0 Å². The molecule has 0 fully saturated rings. The molecule has 3 rings (SSSR count). The van der Waals surface area contributed by atoms with Gasteiger partial charge < -0.3 is 0 Å². The summed E-state index contributed by atoms with van der Waals surface area (Å²) in [7, 11) is 0. The zero-order chi connectivity index (χ0) is 13.8. The molecule has 2 aromatic rings. The first kappa shape index (κ1) is 12.4. The number of hydrogen-bond donors (Lipinski definition) is 1. The van der Waals surface area contributed by atoms with Gasteiger partial charge in [-0.2, -0.15) is 5.10 Å². The Kier molecular flexibility index (Phi) is 3.42. The summed E-state index contributed by atoms with van der Waals surface area (Å²) in [5.41, 5.74) is 6.01. The molecule has 1 heterocycles. The average molecular weight is 262 g/mol. The minimum absolute atomic E-state index is 0.139. The number of nitrogens with zero attached hydrogens (tertiary/aromatic N) is 1. The molecule has 2 aromatic carbocycles. The smallest absolute Gasteiger partial charge is 0.267 e. The minimum Gasteiger partial charge on any atom is -0.267 e. The molecule has 1 amide bonds. The van der Waals surface area contributed by atoms with E-state index >= 15 is 0 Å². The monoisotopic (exact) mass is 262 g/mol. The van der Waals surface area contributed by atoms with Crippen LogP contribution in [0.15, 0.2) is 77.4 Å². The van der Waals surface area contributed by atoms with E-state index in [-0.39, 0.29) is 5.91 Å². The molecule has 1 aliphatic heterocycles. The van der Waals surface area contributed by atoms with E-state index in [0.29, 0.717) is 11.3 Å². The van der Waals surface area contributed by atoms with Crippen LogP contribution in [0, 0.1) is 0 Å². The van der Waals surface area contributed by atoms with Gasteiger partial charge in [-0.15, -0.1) is 0 Å². The van der Waals surface area contributed by atoms with Crippen LogP contribution in [0.1, 0.15) is 11.1 Å². The molecule has 0 spiro atoms. The highest BCUT2D eigenvalue weighted by Crippen LogP contribution is 2.15. The van der Waals surface area contributed by atoms with Gasteiger partial charge in [0, 0.05) is 5.56 Å². The van der Waals surface area contributed by atoms with E-state index in [2.05, 4.69) is 10.5 Å². The Bertz CT molecular complexity index is 673. The number of hydrazone groups is 1. The summed E-state index contributed by atoms with van der Waals surface area (Å²) in [5.74, 6) is -0.139. The highest BCUT2D eigenvalue weighted by atomic mass is 16.2. The Morgan fingerprint density at radius 2 is 1.60 bits per heavy atom. The predicted octanol–water partition coefficient (Wildman–Crippen LogP) is 2.69. The molecule has 0 bridgehead atoms. The number of benzene rings is 2. The Hall–Kier alpha value is -2.68. The molecule has 98 valence electrons. The summed E-state index contributed by atoms with van der Waals surface area (Å²) in [6, 6.07) is 19.8. The molecule has 20 heavy (non-hydrogen) atoms. The number of carbonyl (C=O) groups is 1. The first-order valence-electron chi connectivity index (χ1n) is 6.52. The largest absolute Gasteiger partial charge is 0.273 e. The molecule has 1 N–H and O–H groups in total. The van der Waals surface area contributed by atoms with Crippen LogP contribution in [-0.4, -0.2) is 11.6 Å². The van der Waals surface area contributed by atoms with Crippen molar-refractivity contribution < 1.29 is 4.79 Å². The SMILES string of the molecule is O=C1NN=C(c2ccccc2)/C1=C\Cc1ccccc1. The van der Waals surface area contributed by atoms with E-state index in [4.69, 9.17) is 0 Å². The van der Waals surface area contributed by atoms with Crippen molar-refractivity contribution >= 4 is 11.6 Å². The summed E-state index contributed by atoms with van der Waals surface area (Å²) >= 11 is 0. The van der Waals surface area contributed by atoms with Crippen molar-refractivity contribution in [3.63, 3.8) is 0 Å². The molecule has 3 heteroatoms. The Labute approximate surface area is 117 Å². The third-order valence-corrected chi connectivity index (χ3v) is 3.20. The van der Waals surface area contributed by atoms with Crippen molar-refractivity contribution in [2.24, 2.45) is 5.10 Å². The summed E-state index contributed by atoms with van der Waals surface area (Å²) in [6.07, 6.45) is 2.65. The fourth-order valence-corrected chi connectivity index (χ4v) is 2.17. The second-order valence-electron chi connectivity index (χ2n) is 4.57. The number of hydrogen-bond acceptors (Lipinski definition) is 2. The molecule has 0 saturated carbocycles. The van der Waals surface area contributed by atoms with Crippen molar-refractivity contribution in [3.8, 4) is 0 Å². The van der Waals surface area contributed by atoms with Crippen molar-refractivity contribution in [1.82, 2.24) is 5.43 Å². The molecule has 0 aliphatic carbocycles. The van der Waals surface area contributed by atoms with Crippen LogP contribution in [0.2, 0.25) is 0 Å². The highest BCUT2D eigenvalue weighted by molar-refractivity contribution is 6.30. The highest BCUT2D eigenvalue weighted by Gasteiger charge is 2.23. The molecule has 1 aliphatic rings. The molecular weight excluding hydrogens is 248 g/mol. The van der Waals surface area contributed by atoms with Gasteiger partial charge in [-0.3, -0.25) is 4.79 Å². The molecule has 0 aromatic heterocycles. The molecule has 0 radical (unpaired) electrons. The van der Waals surface area contributed by atoms with Gasteiger partial charge in [0.25, 0.3) is 5.91 Å². The second kappa shape index (κ2) is 5.53. The van der Waals surface area contributed by atoms with Crippen LogP contribution in [0.5, 0.6) is 0 Å². The zero-order valence-electron chi connectivity index (χ0n) is 10.9. The fraction of sp³-hybridized carbons (Fsp3) is 0.0588. The molecule has 0 saturated heterocycles. The van der Waals surface area contributed by atoms with Gasteiger partial charge in [0.15, 0.2) is 0 Å². The third-order valence-electron chi connectivity index (χ3n) is 3.20. The zero-order valence-corrected chi connectivity index (χ0v) is 10.9. The van der Waals surface area contributed by atoms with Crippen LogP contribution in [-0.2, 0) is 11.2 Å². The maximum Gasteiger partial charge on any atom is 0.273 e. The summed E-state index contributed by atoms with van der Waals surface area (Å²) in [6.45, 7) is 0. The topological polar surface area (TPSA) is 41.5 Å². The summed E-state index contributed by atoms with van der Waals surface area (Å²) < 4.78 is 0. The standard InChI is InChI=1S/C17H14N2O/c20-17-15(12-11-13-7-3-1-4-8-13)16(18-19-17)14-9-5-2-6-10-14/h1-10,12H,11H2,(H,19,20)/b15-12+. The second-order valence-corrected chi connectivity index (χ2v) is 4.57. The van der Waals surface area contributed by atoms with Gasteiger partial charge in [0.2, 0.25) is 0 Å². The van der Waals surface area contributed by atoms with Crippen LogP contribution in [0.3, 0.4) is 0 Å². The van der Waals surface area contributed by atoms with Gasteiger partial charge in [0.05, 0.1) is 5.57 Å². The fourth-order valence-electron chi connectivity index (χ4n) is 2.17. The Balaban J connectivity index is 1.87. The summed E-state index contributed by atoms with van der Waals surface area (Å²) in [4.78, 5) is 11.9. The number of amides is 1. The predicted molar refractivity (Wildman–Crippen MR) is 79.4 cm³/mol. The van der Waals surface area contributed by atoms with Crippen molar-refractivity contribution in [3.05, 3.63) is 83.4 Å². The van der Waals surface area contributed by atoms with Gasteiger partial charge in [0.1, 0.15) is 5.71 Å². The van der Waals surface area contributed by atoms with E-state index in [1.807, 2.05) is 66.7 Å². The number of rotatable bonds is 3. The first-order valence-corrected chi connectivity index (χ1v) is 6.52. The van der Waals surface area contributed by atoms with Gasteiger partial charge in [-0.25, -0.2) is 5.43 Å². The average Bonchev–Trinajstić information content (AvgIpc) is 2.88. The van der Waals surface area contributed by atoms with E-state index in [0.717, 1.165) is 12.0 Å². The first-order chi connectivity index (χ1) is 9.84. The van der Waals surface area contributed by atoms with Crippen LogP contribution in [0.4, 0.5) is 0 Å². The maximum atomic E-state index is 11.9. The Morgan fingerprint density at radius 3 is 2.30 bits per heavy atom. The number of carbonyl (C=O) groups excluding carboxylic acids is 1. The van der Waals surface area contributed by atoms with E-state index < -0.39 is 0 Å².